The second kappa shape index (κ2) is 38.5. The number of hydrogen-bond donors (Lipinski definition) is 0. The van der Waals surface area contributed by atoms with Crippen LogP contribution in [-0.4, -0.2) is 0 Å². The van der Waals surface area contributed by atoms with Crippen molar-refractivity contribution in [1.82, 2.24) is 0 Å². The average Bonchev–Trinajstić information content (AvgIpc) is 0.830. The summed E-state index contributed by atoms with van der Waals surface area (Å²) in [6.45, 7) is 0. The van der Waals surface area contributed by atoms with Gasteiger partial charge in [-0.05, 0) is 267 Å². The predicted octanol–water partition coefficient (Wildman–Crippen LogP) is 26.0. The Morgan fingerprint density at radius 2 is 0.290 bits per heavy atom. The van der Waals surface area contributed by atoms with E-state index in [1.807, 2.05) is 182 Å². The van der Waals surface area contributed by atoms with Crippen molar-refractivity contribution < 1.29 is 48.3 Å². The molecule has 0 heterocycles. The first-order valence-electron chi connectivity index (χ1n) is 33.2. The molecule has 0 N–H and O–H groups in total. The molecule has 16 heteroatoms. The zero-order chi connectivity index (χ0) is 74.9. The summed E-state index contributed by atoms with van der Waals surface area (Å²) in [4.78, 5) is 15.2. The Balaban J connectivity index is 0.000000133. The molecule has 0 spiro atoms. The van der Waals surface area contributed by atoms with Crippen LogP contribution >= 0.6 is 0 Å². The molecule has 0 atom stereocenters. The fourth-order valence-electron chi connectivity index (χ4n) is 10.8. The van der Waals surface area contributed by atoms with Crippen LogP contribution in [0.5, 0.6) is 0 Å². The topological polar surface area (TPSA) is 0 Å². The molecule has 0 aromatic heterocycles. The largest absolute Gasteiger partial charge is 0.416 e. The monoisotopic (exact) mass is 1530 g/mol. The van der Waals surface area contributed by atoms with Crippen LogP contribution in [0.1, 0.15) is 5.56 Å². The molecule has 0 fully saturated rings. The highest BCUT2D eigenvalue weighted by molar-refractivity contribution is 7.98. The van der Waals surface area contributed by atoms with Gasteiger partial charge in [0.25, 0.3) is 0 Å². The van der Waals surface area contributed by atoms with E-state index in [1.54, 1.807) is 84.9 Å². The van der Waals surface area contributed by atoms with Gasteiger partial charge in [0.2, 0.25) is 0 Å². The molecule has 15 aromatic rings. The molecule has 0 unspecified atom stereocenters. The molecular formula is C91H66F11S5+5. The number of halogens is 11. The summed E-state index contributed by atoms with van der Waals surface area (Å²) in [5.41, 5.74) is -0.620. The van der Waals surface area contributed by atoms with Crippen LogP contribution in [0.2, 0.25) is 0 Å². The summed E-state index contributed by atoms with van der Waals surface area (Å²) < 4.78 is 144. The molecule has 0 radical (unpaired) electrons. The maximum absolute atomic E-state index is 13.6. The molecule has 0 saturated heterocycles. The van der Waals surface area contributed by atoms with Gasteiger partial charge in [0.05, 0.1) is 60.0 Å². The van der Waals surface area contributed by atoms with Gasteiger partial charge in [0.1, 0.15) is 46.5 Å². The molecule has 0 aliphatic heterocycles. The summed E-state index contributed by atoms with van der Waals surface area (Å²) >= 11 is 0. The molecule has 0 amide bonds. The minimum Gasteiger partial charge on any atom is -0.207 e. The third-order valence-corrected chi connectivity index (χ3v) is 26.8. The smallest absolute Gasteiger partial charge is 0.207 e. The summed E-state index contributed by atoms with van der Waals surface area (Å²) in [6, 6.07) is 117. The van der Waals surface area contributed by atoms with E-state index in [4.69, 9.17) is 0 Å². The molecular weight excluding hydrogens is 1460 g/mol. The summed E-state index contributed by atoms with van der Waals surface area (Å²) in [5.74, 6) is -2.21. The maximum atomic E-state index is 13.6. The van der Waals surface area contributed by atoms with Gasteiger partial charge in [-0.1, -0.05) is 121 Å². The van der Waals surface area contributed by atoms with Crippen LogP contribution in [0.15, 0.2) is 474 Å². The van der Waals surface area contributed by atoms with E-state index in [0.29, 0.717) is 0 Å². The molecule has 532 valence electrons. The number of benzene rings is 15. The standard InChI is InChI=1S/C19H14F3S.C18H12F3S.2C18H13F2S.C18H14FS/c20-19(21,22)15-11-13-18(14-12-15)23(16-7-3-1-4-8-16)17-9-5-2-6-10-17;19-13-1-7-16(8-2-13)22(17-9-3-14(20)4-10-17)18-11-5-15(21)6-12-18;19-14-6-4-10-17(12-14)21(16-8-2-1-3-9-16)18-11-5-7-15(20)13-18;19-14-6-10-17(11-7-14)21(16-4-2-1-3-5-16)18-12-8-15(20)9-13-18;19-15-11-13-18(14-12-15)20(16-7-3-1-4-8-16)17-9-5-2-6-10-17/h1-14H;1-12H;2*1-13H;1-14H/q5*+1. The molecule has 107 heavy (non-hydrogen) atoms. The van der Waals surface area contributed by atoms with Crippen LogP contribution in [0.25, 0.3) is 0 Å². The van der Waals surface area contributed by atoms with Crippen molar-refractivity contribution in [3.8, 4) is 0 Å². The highest BCUT2D eigenvalue weighted by atomic mass is 32.2. The van der Waals surface area contributed by atoms with Gasteiger partial charge in [-0.15, -0.1) is 0 Å². The molecule has 15 rings (SSSR count). The first kappa shape index (κ1) is 77.4. The Labute approximate surface area is 630 Å². The van der Waals surface area contributed by atoms with Crippen LogP contribution in [0.4, 0.5) is 48.3 Å². The molecule has 0 nitrogen and oxygen atoms in total. The Kier molecular flexibility index (Phi) is 27.9. The van der Waals surface area contributed by atoms with Gasteiger partial charge in [0.15, 0.2) is 73.4 Å². The highest BCUT2D eigenvalue weighted by Gasteiger charge is 2.35. The SMILES string of the molecule is FC(F)(F)c1ccc([S+](c2ccccc2)c2ccccc2)cc1.Fc1ccc([S+](c2ccc(F)cc2)c2ccc(F)cc2)cc1.Fc1ccc([S+](c2ccccc2)c2ccc(F)cc2)cc1.Fc1ccc([S+](c2ccccc2)c2ccccc2)cc1.Fc1cccc([S+](c2ccccc2)c2cccc(F)c2)c1. The van der Waals surface area contributed by atoms with Crippen LogP contribution in [0.3, 0.4) is 0 Å². The van der Waals surface area contributed by atoms with Crippen LogP contribution in [-0.2, 0) is 60.7 Å². The van der Waals surface area contributed by atoms with Gasteiger partial charge in [-0.2, -0.15) is 13.2 Å². The van der Waals surface area contributed by atoms with Crippen LogP contribution in [0, 0.1) is 46.5 Å². The highest BCUT2D eigenvalue weighted by Crippen LogP contribution is 2.38. The van der Waals surface area contributed by atoms with E-state index in [1.165, 1.54) is 107 Å². The summed E-state index contributed by atoms with van der Waals surface area (Å²) in [5, 5.41) is 0. The van der Waals surface area contributed by atoms with E-state index in [9.17, 15) is 48.3 Å². The lowest BCUT2D eigenvalue weighted by Crippen LogP contribution is -2.07. The fraction of sp³-hybridized carbons (Fsp3) is 0.0110. The van der Waals surface area contributed by atoms with Crippen molar-refractivity contribution >= 4 is 54.5 Å². The zero-order valence-electron chi connectivity index (χ0n) is 56.8. The minimum absolute atomic E-state index is 0.190. The van der Waals surface area contributed by atoms with Crippen LogP contribution < -0.4 is 0 Å². The average molecular weight is 1530 g/mol. The fourth-order valence-corrected chi connectivity index (χ4v) is 21.2. The lowest BCUT2D eigenvalue weighted by molar-refractivity contribution is -0.137. The zero-order valence-corrected chi connectivity index (χ0v) is 60.9. The Morgan fingerprint density at radius 3 is 0.458 bits per heavy atom. The van der Waals surface area contributed by atoms with E-state index in [-0.39, 0.29) is 68.3 Å². The summed E-state index contributed by atoms with van der Waals surface area (Å²) in [7, 11) is -2.03. The van der Waals surface area contributed by atoms with Gasteiger partial charge < -0.3 is 0 Å². The van der Waals surface area contributed by atoms with E-state index >= 15 is 0 Å². The van der Waals surface area contributed by atoms with Crippen molar-refractivity contribution in [2.45, 2.75) is 79.6 Å². The van der Waals surface area contributed by atoms with E-state index in [0.717, 1.165) is 75.8 Å². The summed E-state index contributed by atoms with van der Waals surface area (Å²) in [6.07, 6.45) is -4.31. The van der Waals surface area contributed by atoms with Crippen molar-refractivity contribution in [2.75, 3.05) is 0 Å². The Bertz CT molecular complexity index is 4860. The number of rotatable bonds is 15. The number of hydrogen-bond acceptors (Lipinski definition) is 0. The quantitative estimate of drug-likeness (QED) is 0.0709. The lowest BCUT2D eigenvalue weighted by Gasteiger charge is -2.10. The first-order valence-corrected chi connectivity index (χ1v) is 39.4. The van der Waals surface area contributed by atoms with Gasteiger partial charge in [-0.3, -0.25) is 0 Å². The van der Waals surface area contributed by atoms with E-state index in [2.05, 4.69) is 24.3 Å². The third kappa shape index (κ3) is 22.2. The minimum atomic E-state index is -4.31. The molecule has 0 saturated carbocycles. The molecule has 0 aliphatic rings. The van der Waals surface area contributed by atoms with Crippen molar-refractivity contribution in [1.29, 1.82) is 0 Å². The predicted molar refractivity (Wildman–Crippen MR) is 412 cm³/mol. The molecule has 15 aromatic carbocycles. The normalized spacial score (nSPS) is 11.0. The molecule has 0 bridgehead atoms. The first-order chi connectivity index (χ1) is 52.0. The second-order valence-electron chi connectivity index (χ2n) is 23.1. The third-order valence-electron chi connectivity index (χ3n) is 15.7. The number of alkyl halides is 3. The molecule has 0 aliphatic carbocycles. The Morgan fingerprint density at radius 1 is 0.140 bits per heavy atom. The van der Waals surface area contributed by atoms with Gasteiger partial charge in [-0.25, -0.2) is 35.1 Å². The van der Waals surface area contributed by atoms with Gasteiger partial charge in [0, 0.05) is 12.1 Å². The van der Waals surface area contributed by atoms with Gasteiger partial charge >= 0.3 is 6.18 Å². The Hall–Kier alpha value is -10.7. The van der Waals surface area contributed by atoms with Crippen molar-refractivity contribution in [3.63, 3.8) is 0 Å². The lowest BCUT2D eigenvalue weighted by atomic mass is 10.2. The van der Waals surface area contributed by atoms with Crippen molar-refractivity contribution in [3.05, 3.63) is 452 Å². The second-order valence-corrected chi connectivity index (χ2v) is 33.2. The van der Waals surface area contributed by atoms with Crippen molar-refractivity contribution in [2.24, 2.45) is 0 Å². The van der Waals surface area contributed by atoms with E-state index < -0.39 is 44.4 Å². The maximum Gasteiger partial charge on any atom is 0.416 e.